The van der Waals surface area contributed by atoms with Crippen LogP contribution in [0.25, 0.3) is 11.0 Å². The number of aromatic nitrogens is 4. The molecule has 0 saturated heterocycles. The second kappa shape index (κ2) is 9.47. The molecule has 0 unspecified atom stereocenters. The first-order valence-corrected chi connectivity index (χ1v) is 10.5. The molecule has 2 aromatic carbocycles. The summed E-state index contributed by atoms with van der Waals surface area (Å²) >= 11 is 0. The molecule has 0 aliphatic heterocycles. The van der Waals surface area contributed by atoms with Gasteiger partial charge in [-0.2, -0.15) is 5.10 Å². The van der Waals surface area contributed by atoms with Gasteiger partial charge in [0.25, 0.3) is 11.5 Å². The van der Waals surface area contributed by atoms with Gasteiger partial charge in [-0.05, 0) is 31.5 Å². The number of rotatable bonds is 8. The monoisotopic (exact) mass is 431 g/mol. The normalized spacial score (nSPS) is 10.9. The summed E-state index contributed by atoms with van der Waals surface area (Å²) in [5.74, 6) is 0.326. The molecule has 1 amide bonds. The predicted octanol–water partition coefficient (Wildman–Crippen LogP) is 2.78. The van der Waals surface area contributed by atoms with Gasteiger partial charge in [0.1, 0.15) is 17.5 Å². The molecule has 4 rings (SSSR count). The van der Waals surface area contributed by atoms with E-state index < -0.39 is 0 Å². The maximum absolute atomic E-state index is 12.9. The Hall–Kier alpha value is -3.94. The zero-order chi connectivity index (χ0) is 22.5. The number of benzene rings is 2. The zero-order valence-corrected chi connectivity index (χ0v) is 18.1. The minimum absolute atomic E-state index is 0.142. The Bertz CT molecular complexity index is 1290. The SMILES string of the molecule is CCOc1ccccc1C(=O)NCCn1ncc2c(=O)n(Cc3ccc(C)cc3)cnc21. The first-order chi connectivity index (χ1) is 15.6. The molecular weight excluding hydrogens is 406 g/mol. The largest absolute Gasteiger partial charge is 0.493 e. The summed E-state index contributed by atoms with van der Waals surface area (Å²) < 4.78 is 8.72. The molecule has 8 nitrogen and oxygen atoms in total. The van der Waals surface area contributed by atoms with E-state index in [1.807, 2.05) is 44.2 Å². The Morgan fingerprint density at radius 3 is 2.69 bits per heavy atom. The van der Waals surface area contributed by atoms with E-state index >= 15 is 0 Å². The van der Waals surface area contributed by atoms with Crippen molar-refractivity contribution < 1.29 is 9.53 Å². The lowest BCUT2D eigenvalue weighted by molar-refractivity contribution is 0.0948. The van der Waals surface area contributed by atoms with Gasteiger partial charge in [-0.25, -0.2) is 9.67 Å². The van der Waals surface area contributed by atoms with E-state index in [1.54, 1.807) is 33.8 Å². The number of nitrogens with zero attached hydrogens (tertiary/aromatic N) is 4. The second-order valence-electron chi connectivity index (χ2n) is 7.45. The molecule has 0 radical (unpaired) electrons. The third-order valence-electron chi connectivity index (χ3n) is 5.14. The lowest BCUT2D eigenvalue weighted by Gasteiger charge is -2.10. The van der Waals surface area contributed by atoms with E-state index in [4.69, 9.17) is 4.74 Å². The molecule has 0 fully saturated rings. The lowest BCUT2D eigenvalue weighted by Crippen LogP contribution is -2.28. The molecule has 0 aliphatic carbocycles. The molecule has 0 aliphatic rings. The Morgan fingerprint density at radius 1 is 1.12 bits per heavy atom. The maximum Gasteiger partial charge on any atom is 0.264 e. The predicted molar refractivity (Wildman–Crippen MR) is 122 cm³/mol. The third kappa shape index (κ3) is 4.54. The van der Waals surface area contributed by atoms with Crippen molar-refractivity contribution in [1.29, 1.82) is 0 Å². The van der Waals surface area contributed by atoms with Crippen LogP contribution in [0.2, 0.25) is 0 Å². The minimum Gasteiger partial charge on any atom is -0.493 e. The fraction of sp³-hybridized carbons (Fsp3) is 0.250. The van der Waals surface area contributed by atoms with Gasteiger partial charge in [0.05, 0.1) is 31.5 Å². The number of amides is 1. The van der Waals surface area contributed by atoms with Crippen molar-refractivity contribution in [2.75, 3.05) is 13.2 Å². The number of hydrogen-bond donors (Lipinski definition) is 1. The molecule has 0 saturated carbocycles. The molecule has 1 N–H and O–H groups in total. The summed E-state index contributed by atoms with van der Waals surface area (Å²) in [7, 11) is 0. The topological polar surface area (TPSA) is 91.0 Å². The third-order valence-corrected chi connectivity index (χ3v) is 5.14. The van der Waals surface area contributed by atoms with E-state index in [1.165, 1.54) is 11.8 Å². The van der Waals surface area contributed by atoms with E-state index in [-0.39, 0.29) is 11.5 Å². The average molecular weight is 431 g/mol. The summed E-state index contributed by atoms with van der Waals surface area (Å²) in [6, 6.07) is 15.2. The lowest BCUT2D eigenvalue weighted by atomic mass is 10.1. The van der Waals surface area contributed by atoms with Crippen LogP contribution in [0.15, 0.2) is 65.8 Å². The standard InChI is InChI=1S/C24H25N5O3/c1-3-32-21-7-5-4-6-19(21)23(30)25-12-13-29-22-20(14-27-29)24(31)28(16-26-22)15-18-10-8-17(2)9-11-18/h4-11,14,16H,3,12-13,15H2,1-2H3,(H,25,30). The van der Waals surface area contributed by atoms with Crippen molar-refractivity contribution in [2.24, 2.45) is 0 Å². The van der Waals surface area contributed by atoms with Gasteiger partial charge in [-0.1, -0.05) is 42.0 Å². The van der Waals surface area contributed by atoms with Gasteiger partial charge < -0.3 is 10.1 Å². The summed E-state index contributed by atoms with van der Waals surface area (Å²) in [5.41, 5.74) is 3.04. The fourth-order valence-corrected chi connectivity index (χ4v) is 3.47. The van der Waals surface area contributed by atoms with Crippen molar-refractivity contribution in [1.82, 2.24) is 24.6 Å². The molecule has 32 heavy (non-hydrogen) atoms. The fourth-order valence-electron chi connectivity index (χ4n) is 3.47. The zero-order valence-electron chi connectivity index (χ0n) is 18.1. The van der Waals surface area contributed by atoms with Crippen molar-refractivity contribution >= 4 is 16.9 Å². The molecule has 2 heterocycles. The first kappa shape index (κ1) is 21.3. The van der Waals surface area contributed by atoms with Crippen LogP contribution < -0.4 is 15.6 Å². The van der Waals surface area contributed by atoms with Crippen LogP contribution in [0.4, 0.5) is 0 Å². The van der Waals surface area contributed by atoms with Gasteiger partial charge in [0.2, 0.25) is 0 Å². The van der Waals surface area contributed by atoms with Crippen LogP contribution in [-0.2, 0) is 13.1 Å². The van der Waals surface area contributed by atoms with Crippen LogP contribution in [0, 0.1) is 6.92 Å². The Balaban J connectivity index is 1.44. The van der Waals surface area contributed by atoms with Crippen molar-refractivity contribution in [3.63, 3.8) is 0 Å². The molecular formula is C24H25N5O3. The van der Waals surface area contributed by atoms with Gasteiger partial charge in [0, 0.05) is 6.54 Å². The molecule has 2 aromatic heterocycles. The highest BCUT2D eigenvalue weighted by atomic mass is 16.5. The van der Waals surface area contributed by atoms with Crippen molar-refractivity contribution in [3.8, 4) is 5.75 Å². The summed E-state index contributed by atoms with van der Waals surface area (Å²) in [6.07, 6.45) is 3.07. The van der Waals surface area contributed by atoms with Crippen LogP contribution in [0.3, 0.4) is 0 Å². The highest BCUT2D eigenvalue weighted by molar-refractivity contribution is 5.96. The number of hydrogen-bond acceptors (Lipinski definition) is 5. The van der Waals surface area contributed by atoms with Crippen LogP contribution >= 0.6 is 0 Å². The van der Waals surface area contributed by atoms with Crippen LogP contribution in [0.1, 0.15) is 28.4 Å². The number of nitrogens with one attached hydrogen (secondary N) is 1. The average Bonchev–Trinajstić information content (AvgIpc) is 3.21. The molecule has 0 bridgehead atoms. The van der Waals surface area contributed by atoms with Gasteiger partial charge in [-0.3, -0.25) is 14.2 Å². The molecule has 0 spiro atoms. The number of fused-ring (bicyclic) bond motifs is 1. The number of carbonyl (C=O) groups is 1. The molecule has 8 heteroatoms. The molecule has 4 aromatic rings. The number of carbonyl (C=O) groups excluding carboxylic acids is 1. The summed E-state index contributed by atoms with van der Waals surface area (Å²) in [5, 5.41) is 7.62. The highest BCUT2D eigenvalue weighted by Crippen LogP contribution is 2.17. The van der Waals surface area contributed by atoms with Gasteiger partial charge >= 0.3 is 0 Å². The van der Waals surface area contributed by atoms with E-state index in [9.17, 15) is 9.59 Å². The number of aryl methyl sites for hydroxylation is 1. The van der Waals surface area contributed by atoms with Gasteiger partial charge in [0.15, 0.2) is 5.65 Å². The Morgan fingerprint density at radius 2 is 1.91 bits per heavy atom. The maximum atomic E-state index is 12.9. The second-order valence-corrected chi connectivity index (χ2v) is 7.45. The van der Waals surface area contributed by atoms with Crippen LogP contribution in [0.5, 0.6) is 5.75 Å². The van der Waals surface area contributed by atoms with Crippen molar-refractivity contribution in [3.05, 3.63) is 88.1 Å². The minimum atomic E-state index is -0.223. The van der Waals surface area contributed by atoms with E-state index in [0.29, 0.717) is 48.6 Å². The Kier molecular flexibility index (Phi) is 6.30. The smallest absolute Gasteiger partial charge is 0.264 e. The molecule has 164 valence electrons. The number of para-hydroxylation sites is 1. The van der Waals surface area contributed by atoms with Crippen molar-refractivity contribution in [2.45, 2.75) is 26.9 Å². The number of ether oxygens (including phenoxy) is 1. The Labute approximate surface area is 185 Å². The quantitative estimate of drug-likeness (QED) is 0.463. The van der Waals surface area contributed by atoms with Crippen LogP contribution in [-0.4, -0.2) is 38.4 Å². The molecule has 0 atom stereocenters. The highest BCUT2D eigenvalue weighted by Gasteiger charge is 2.13. The first-order valence-electron chi connectivity index (χ1n) is 10.5. The summed E-state index contributed by atoms with van der Waals surface area (Å²) in [6.45, 7) is 5.56. The summed E-state index contributed by atoms with van der Waals surface area (Å²) in [4.78, 5) is 29.8. The van der Waals surface area contributed by atoms with E-state index in [0.717, 1.165) is 5.56 Å². The van der Waals surface area contributed by atoms with Gasteiger partial charge in [-0.15, -0.1) is 0 Å². The van der Waals surface area contributed by atoms with E-state index in [2.05, 4.69) is 15.4 Å².